The number of nitrogens with one attached hydrogen (secondary N) is 1. The van der Waals surface area contributed by atoms with E-state index >= 15 is 0 Å². The molecule has 0 fully saturated rings. The van der Waals surface area contributed by atoms with Gasteiger partial charge in [0.2, 0.25) is 0 Å². The van der Waals surface area contributed by atoms with Gasteiger partial charge in [0.15, 0.2) is 0 Å². The third-order valence-corrected chi connectivity index (χ3v) is 4.05. The molecule has 0 aromatic heterocycles. The van der Waals surface area contributed by atoms with Crippen LogP contribution in [0.3, 0.4) is 0 Å². The zero-order valence-electron chi connectivity index (χ0n) is 9.79. The van der Waals surface area contributed by atoms with E-state index < -0.39 is 22.2 Å². The second-order valence-corrected chi connectivity index (χ2v) is 6.02. The monoisotopic (exact) mass is 292 g/mol. The molecule has 0 radical (unpaired) electrons. The van der Waals surface area contributed by atoms with Crippen LogP contribution in [0.5, 0.6) is 0 Å². The Morgan fingerprint density at radius 1 is 1.39 bits per heavy atom. The molecule has 6 nitrogen and oxygen atoms in total. The summed E-state index contributed by atoms with van der Waals surface area (Å²) in [7, 11) is -1.26. The maximum atomic E-state index is 11.6. The van der Waals surface area contributed by atoms with E-state index in [-0.39, 0.29) is 10.6 Å². The van der Waals surface area contributed by atoms with Crippen LogP contribution < -0.4 is 4.72 Å². The summed E-state index contributed by atoms with van der Waals surface area (Å²) in [6.45, 7) is 0. The van der Waals surface area contributed by atoms with E-state index in [9.17, 15) is 13.2 Å². The maximum absolute atomic E-state index is 11.6. The van der Waals surface area contributed by atoms with Gasteiger partial charge < -0.3 is 5.11 Å². The highest BCUT2D eigenvalue weighted by atomic mass is 35.5. The molecule has 0 amide bonds. The predicted octanol–water partition coefficient (Wildman–Crippen LogP) is 0.862. The van der Waals surface area contributed by atoms with Gasteiger partial charge >= 0.3 is 5.97 Å². The largest absolute Gasteiger partial charge is 0.480 e. The first-order valence-corrected chi connectivity index (χ1v) is 6.74. The number of benzene rings is 1. The molecule has 0 aliphatic rings. The molecule has 0 spiro atoms. The van der Waals surface area contributed by atoms with Crippen molar-refractivity contribution in [2.24, 2.45) is 0 Å². The zero-order valence-corrected chi connectivity index (χ0v) is 11.4. The average Bonchev–Trinajstić information content (AvgIpc) is 2.26. The number of halogens is 1. The molecular formula is C10H13ClN2O4S. The number of hydrogen-bond donors (Lipinski definition) is 2. The van der Waals surface area contributed by atoms with Gasteiger partial charge in [-0.15, -0.1) is 0 Å². The number of carboxylic acids is 1. The molecule has 0 saturated heterocycles. The summed E-state index contributed by atoms with van der Waals surface area (Å²) < 4.78 is 26.2. The van der Waals surface area contributed by atoms with Crippen LogP contribution in [-0.4, -0.2) is 37.9 Å². The highest BCUT2D eigenvalue weighted by molar-refractivity contribution is 7.87. The lowest BCUT2D eigenvalue weighted by molar-refractivity contribution is -0.139. The number of carboxylic acid groups (broad SMARTS) is 1. The van der Waals surface area contributed by atoms with Gasteiger partial charge in [0.25, 0.3) is 10.2 Å². The molecule has 0 aliphatic heterocycles. The van der Waals surface area contributed by atoms with Crippen molar-refractivity contribution < 1.29 is 18.3 Å². The normalized spacial score (nSPS) is 13.6. The fraction of sp³-hybridized carbons (Fsp3) is 0.300. The topological polar surface area (TPSA) is 86.7 Å². The van der Waals surface area contributed by atoms with E-state index in [4.69, 9.17) is 16.7 Å². The maximum Gasteiger partial charge on any atom is 0.326 e. The predicted molar refractivity (Wildman–Crippen MR) is 67.6 cm³/mol. The summed E-state index contributed by atoms with van der Waals surface area (Å²) in [5.41, 5.74) is 0.192. The van der Waals surface area contributed by atoms with Crippen LogP contribution in [0.15, 0.2) is 24.3 Å². The number of hydrogen-bond acceptors (Lipinski definition) is 3. The number of nitrogens with zero attached hydrogens (tertiary/aromatic N) is 1. The molecule has 18 heavy (non-hydrogen) atoms. The third-order valence-electron chi connectivity index (χ3n) is 2.21. The third kappa shape index (κ3) is 3.42. The molecule has 1 aromatic rings. The van der Waals surface area contributed by atoms with Gasteiger partial charge in [-0.3, -0.25) is 4.79 Å². The Morgan fingerprint density at radius 2 is 1.94 bits per heavy atom. The van der Waals surface area contributed by atoms with Gasteiger partial charge in [-0.1, -0.05) is 29.8 Å². The summed E-state index contributed by atoms with van der Waals surface area (Å²) >= 11 is 5.86. The number of aliphatic carboxylic acids is 1. The van der Waals surface area contributed by atoms with E-state index in [2.05, 4.69) is 4.72 Å². The SMILES string of the molecule is CN(C)S(=O)(=O)N[C@@H](C(=O)O)c1ccccc1Cl. The minimum Gasteiger partial charge on any atom is -0.480 e. The van der Waals surface area contributed by atoms with Crippen molar-refractivity contribution in [3.63, 3.8) is 0 Å². The minimum absolute atomic E-state index is 0.186. The molecular weight excluding hydrogens is 280 g/mol. The summed E-state index contributed by atoms with van der Waals surface area (Å²) in [6, 6.07) is 4.74. The molecule has 0 bridgehead atoms. The molecule has 1 atom stereocenters. The molecule has 8 heteroatoms. The smallest absolute Gasteiger partial charge is 0.326 e. The van der Waals surface area contributed by atoms with Crippen LogP contribution in [0.25, 0.3) is 0 Å². The molecule has 100 valence electrons. The lowest BCUT2D eigenvalue weighted by atomic mass is 10.1. The molecule has 0 saturated carbocycles. The molecule has 0 unspecified atom stereocenters. The fourth-order valence-electron chi connectivity index (χ4n) is 1.21. The van der Waals surface area contributed by atoms with E-state index in [1.165, 1.54) is 26.2 Å². The van der Waals surface area contributed by atoms with Crippen molar-refractivity contribution in [3.8, 4) is 0 Å². The first kappa shape index (κ1) is 14.9. The van der Waals surface area contributed by atoms with Crippen LogP contribution in [0, 0.1) is 0 Å². The molecule has 2 N–H and O–H groups in total. The van der Waals surface area contributed by atoms with Crippen molar-refractivity contribution in [2.75, 3.05) is 14.1 Å². The Morgan fingerprint density at radius 3 is 2.39 bits per heavy atom. The minimum atomic E-state index is -3.86. The first-order chi connectivity index (χ1) is 8.25. The zero-order chi connectivity index (χ0) is 13.9. The van der Waals surface area contributed by atoms with Gasteiger partial charge in [-0.25, -0.2) is 0 Å². The Kier molecular flexibility index (Phi) is 4.69. The van der Waals surface area contributed by atoms with Gasteiger partial charge in [-0.05, 0) is 11.6 Å². The number of rotatable bonds is 5. The molecule has 0 aliphatic carbocycles. The van der Waals surface area contributed by atoms with Crippen molar-refractivity contribution in [2.45, 2.75) is 6.04 Å². The summed E-state index contributed by atoms with van der Waals surface area (Å²) in [6.07, 6.45) is 0. The fourth-order valence-corrected chi connectivity index (χ4v) is 2.19. The summed E-state index contributed by atoms with van der Waals surface area (Å²) in [5, 5.41) is 9.28. The lowest BCUT2D eigenvalue weighted by Gasteiger charge is -2.19. The number of carbonyl (C=O) groups is 1. The van der Waals surface area contributed by atoms with Crippen molar-refractivity contribution in [1.82, 2.24) is 9.03 Å². The standard InChI is InChI=1S/C10H13ClN2O4S/c1-13(2)18(16,17)12-9(10(14)15)7-5-3-4-6-8(7)11/h3-6,9,12H,1-2H3,(H,14,15)/t9-/m1/s1. The Balaban J connectivity index is 3.14. The Hall–Kier alpha value is -1.15. The van der Waals surface area contributed by atoms with Crippen molar-refractivity contribution in [1.29, 1.82) is 0 Å². The van der Waals surface area contributed by atoms with Crippen LogP contribution in [-0.2, 0) is 15.0 Å². The van der Waals surface area contributed by atoms with Gasteiger partial charge in [0, 0.05) is 19.1 Å². The Labute approximate surface area is 110 Å². The van der Waals surface area contributed by atoms with Crippen molar-refractivity contribution >= 4 is 27.8 Å². The average molecular weight is 293 g/mol. The van der Waals surface area contributed by atoms with Crippen LogP contribution in [0.2, 0.25) is 5.02 Å². The van der Waals surface area contributed by atoms with E-state index in [0.717, 1.165) is 4.31 Å². The van der Waals surface area contributed by atoms with Crippen LogP contribution in [0.1, 0.15) is 11.6 Å². The molecule has 1 aromatic carbocycles. The van der Waals surface area contributed by atoms with E-state index in [1.807, 2.05) is 0 Å². The highest BCUT2D eigenvalue weighted by Gasteiger charge is 2.28. The molecule has 1 rings (SSSR count). The van der Waals surface area contributed by atoms with Gasteiger partial charge in [0.1, 0.15) is 6.04 Å². The quantitative estimate of drug-likeness (QED) is 0.843. The lowest BCUT2D eigenvalue weighted by Crippen LogP contribution is -2.41. The summed E-state index contributed by atoms with van der Waals surface area (Å²) in [4.78, 5) is 11.1. The van der Waals surface area contributed by atoms with Crippen LogP contribution >= 0.6 is 11.6 Å². The van der Waals surface area contributed by atoms with Crippen molar-refractivity contribution in [3.05, 3.63) is 34.9 Å². The second-order valence-electron chi connectivity index (χ2n) is 3.70. The Bertz CT molecular complexity index is 545. The van der Waals surface area contributed by atoms with Gasteiger partial charge in [-0.2, -0.15) is 17.4 Å². The molecule has 0 heterocycles. The highest BCUT2D eigenvalue weighted by Crippen LogP contribution is 2.23. The first-order valence-electron chi connectivity index (χ1n) is 4.92. The van der Waals surface area contributed by atoms with Crippen LogP contribution in [0.4, 0.5) is 0 Å². The van der Waals surface area contributed by atoms with Gasteiger partial charge in [0.05, 0.1) is 0 Å². The summed E-state index contributed by atoms with van der Waals surface area (Å²) in [5.74, 6) is -1.33. The second kappa shape index (κ2) is 5.66. The van der Waals surface area contributed by atoms with E-state index in [1.54, 1.807) is 12.1 Å². The van der Waals surface area contributed by atoms with E-state index in [0.29, 0.717) is 0 Å².